The van der Waals surface area contributed by atoms with Gasteiger partial charge in [-0.25, -0.2) is 4.79 Å². The highest BCUT2D eigenvalue weighted by molar-refractivity contribution is 5.87. The third-order valence-corrected chi connectivity index (χ3v) is 3.51. The minimum absolute atomic E-state index is 0.311. The minimum Gasteiger partial charge on any atom is -0.497 e. The van der Waals surface area contributed by atoms with E-state index in [0.29, 0.717) is 12.1 Å². The van der Waals surface area contributed by atoms with Crippen LogP contribution in [0.1, 0.15) is 15.9 Å². The first-order valence-corrected chi connectivity index (χ1v) is 6.62. The van der Waals surface area contributed by atoms with Crippen molar-refractivity contribution in [2.24, 2.45) is 0 Å². The molecule has 3 aromatic rings. The molecule has 2 aromatic carbocycles. The molecule has 0 saturated heterocycles. The summed E-state index contributed by atoms with van der Waals surface area (Å²) in [6.07, 6.45) is 2.00. The highest BCUT2D eigenvalue weighted by atomic mass is 16.5. The number of aromatic carboxylic acids is 1. The fourth-order valence-corrected chi connectivity index (χ4v) is 2.44. The number of hydrogen-bond acceptors (Lipinski definition) is 2. The molecule has 1 aromatic heterocycles. The van der Waals surface area contributed by atoms with Gasteiger partial charge in [0.05, 0.1) is 12.7 Å². The largest absolute Gasteiger partial charge is 0.497 e. The zero-order chi connectivity index (χ0) is 14.8. The van der Waals surface area contributed by atoms with Crippen molar-refractivity contribution in [3.05, 3.63) is 65.9 Å². The Morgan fingerprint density at radius 1 is 1.19 bits per heavy atom. The summed E-state index contributed by atoms with van der Waals surface area (Å²) in [5.74, 6) is -0.0768. The van der Waals surface area contributed by atoms with Crippen LogP contribution < -0.4 is 4.74 Å². The Labute approximate surface area is 122 Å². The SMILES string of the molecule is COc1ccc2c(ccn2Cc2cccc(C(=O)O)c2)c1. The van der Waals surface area contributed by atoms with Crippen molar-refractivity contribution < 1.29 is 14.6 Å². The van der Waals surface area contributed by atoms with Gasteiger partial charge in [0.2, 0.25) is 0 Å². The molecule has 0 aliphatic heterocycles. The van der Waals surface area contributed by atoms with Crippen molar-refractivity contribution >= 4 is 16.9 Å². The molecule has 0 unspecified atom stereocenters. The van der Waals surface area contributed by atoms with Crippen LogP contribution in [0.5, 0.6) is 5.75 Å². The predicted molar refractivity (Wildman–Crippen MR) is 81.0 cm³/mol. The standard InChI is InChI=1S/C17H15NO3/c1-21-15-5-6-16-13(10-15)7-8-18(16)11-12-3-2-4-14(9-12)17(19)20/h2-10H,11H2,1H3,(H,19,20). The summed E-state index contributed by atoms with van der Waals surface area (Å²) in [4.78, 5) is 11.0. The molecule has 4 nitrogen and oxygen atoms in total. The number of rotatable bonds is 4. The van der Waals surface area contributed by atoms with Crippen molar-refractivity contribution in [3.8, 4) is 5.75 Å². The van der Waals surface area contributed by atoms with Crippen molar-refractivity contribution in [1.82, 2.24) is 4.57 Å². The van der Waals surface area contributed by atoms with Crippen molar-refractivity contribution in [2.75, 3.05) is 7.11 Å². The fourth-order valence-electron chi connectivity index (χ4n) is 2.44. The number of carboxylic acids is 1. The third-order valence-electron chi connectivity index (χ3n) is 3.51. The molecular formula is C17H15NO3. The Hall–Kier alpha value is -2.75. The molecule has 4 heteroatoms. The predicted octanol–water partition coefficient (Wildman–Crippen LogP) is 3.40. The molecule has 0 saturated carbocycles. The lowest BCUT2D eigenvalue weighted by molar-refractivity contribution is 0.0696. The van der Waals surface area contributed by atoms with E-state index in [1.165, 1.54) is 0 Å². The quantitative estimate of drug-likeness (QED) is 0.797. The molecule has 21 heavy (non-hydrogen) atoms. The maximum absolute atomic E-state index is 11.0. The molecule has 106 valence electrons. The first-order valence-electron chi connectivity index (χ1n) is 6.62. The molecule has 0 amide bonds. The average Bonchev–Trinajstić information content (AvgIpc) is 2.89. The normalized spacial score (nSPS) is 10.7. The van der Waals surface area contributed by atoms with Gasteiger partial charge in [-0.2, -0.15) is 0 Å². The Morgan fingerprint density at radius 3 is 2.81 bits per heavy atom. The van der Waals surface area contributed by atoms with Crippen LogP contribution in [-0.4, -0.2) is 22.8 Å². The molecular weight excluding hydrogens is 266 g/mol. The van der Waals surface area contributed by atoms with Crippen LogP contribution in [0.4, 0.5) is 0 Å². The second-order valence-electron chi connectivity index (χ2n) is 4.87. The first-order chi connectivity index (χ1) is 10.2. The molecule has 3 rings (SSSR count). The maximum Gasteiger partial charge on any atom is 0.335 e. The van der Waals surface area contributed by atoms with E-state index in [2.05, 4.69) is 4.57 Å². The highest BCUT2D eigenvalue weighted by Crippen LogP contribution is 2.22. The summed E-state index contributed by atoms with van der Waals surface area (Å²) in [6, 6.07) is 15.0. The number of benzene rings is 2. The van der Waals surface area contributed by atoms with Gasteiger partial charge in [-0.1, -0.05) is 12.1 Å². The third kappa shape index (κ3) is 2.60. The van der Waals surface area contributed by atoms with E-state index in [-0.39, 0.29) is 0 Å². The summed E-state index contributed by atoms with van der Waals surface area (Å²) in [5.41, 5.74) is 2.37. The summed E-state index contributed by atoms with van der Waals surface area (Å²) >= 11 is 0. The van der Waals surface area contributed by atoms with Gasteiger partial charge in [-0.15, -0.1) is 0 Å². The number of methoxy groups -OCH3 is 1. The van der Waals surface area contributed by atoms with Gasteiger partial charge in [0, 0.05) is 23.6 Å². The summed E-state index contributed by atoms with van der Waals surface area (Å²) in [6.45, 7) is 0.636. The van der Waals surface area contributed by atoms with Crippen molar-refractivity contribution in [3.63, 3.8) is 0 Å². The van der Waals surface area contributed by atoms with Gasteiger partial charge in [0.1, 0.15) is 5.75 Å². The van der Waals surface area contributed by atoms with E-state index < -0.39 is 5.97 Å². The number of carboxylic acid groups (broad SMARTS) is 1. The molecule has 0 fully saturated rings. The molecule has 0 atom stereocenters. The van der Waals surface area contributed by atoms with E-state index in [1.807, 2.05) is 36.5 Å². The van der Waals surface area contributed by atoms with Gasteiger partial charge < -0.3 is 14.4 Å². The molecule has 0 spiro atoms. The Kier molecular flexibility index (Phi) is 3.36. The number of ether oxygens (including phenoxy) is 1. The van der Waals surface area contributed by atoms with Gasteiger partial charge in [-0.3, -0.25) is 0 Å². The topological polar surface area (TPSA) is 51.5 Å². The van der Waals surface area contributed by atoms with Gasteiger partial charge in [0.25, 0.3) is 0 Å². The van der Waals surface area contributed by atoms with Crippen LogP contribution in [0.25, 0.3) is 10.9 Å². The zero-order valence-electron chi connectivity index (χ0n) is 11.6. The summed E-state index contributed by atoms with van der Waals surface area (Å²) in [7, 11) is 1.65. The lowest BCUT2D eigenvalue weighted by atomic mass is 10.1. The van der Waals surface area contributed by atoms with Crippen LogP contribution in [0.2, 0.25) is 0 Å². The van der Waals surface area contributed by atoms with Crippen molar-refractivity contribution in [1.29, 1.82) is 0 Å². The molecule has 0 radical (unpaired) electrons. The molecule has 1 N–H and O–H groups in total. The number of carbonyl (C=O) groups is 1. The molecule has 0 bridgehead atoms. The van der Waals surface area contributed by atoms with Crippen LogP contribution in [0.15, 0.2) is 54.7 Å². The summed E-state index contributed by atoms with van der Waals surface area (Å²) < 4.78 is 7.31. The second kappa shape index (κ2) is 5.32. The fraction of sp³-hybridized carbons (Fsp3) is 0.118. The number of nitrogens with zero attached hydrogens (tertiary/aromatic N) is 1. The smallest absolute Gasteiger partial charge is 0.335 e. The van der Waals surface area contributed by atoms with Crippen LogP contribution in [0.3, 0.4) is 0 Å². The second-order valence-corrected chi connectivity index (χ2v) is 4.87. The number of aromatic nitrogens is 1. The lowest BCUT2D eigenvalue weighted by Gasteiger charge is -2.07. The van der Waals surface area contributed by atoms with E-state index in [4.69, 9.17) is 9.84 Å². The van der Waals surface area contributed by atoms with E-state index in [9.17, 15) is 4.79 Å². The van der Waals surface area contributed by atoms with E-state index in [1.54, 1.807) is 25.3 Å². The van der Waals surface area contributed by atoms with Crippen molar-refractivity contribution in [2.45, 2.75) is 6.54 Å². The van der Waals surface area contributed by atoms with Crippen LogP contribution in [0, 0.1) is 0 Å². The molecule has 0 aliphatic carbocycles. The molecule has 1 heterocycles. The van der Waals surface area contributed by atoms with Gasteiger partial charge in [0.15, 0.2) is 0 Å². The van der Waals surface area contributed by atoms with Gasteiger partial charge in [-0.05, 0) is 42.0 Å². The lowest BCUT2D eigenvalue weighted by Crippen LogP contribution is -2.01. The first kappa shape index (κ1) is 13.2. The van der Waals surface area contributed by atoms with Gasteiger partial charge >= 0.3 is 5.97 Å². The Morgan fingerprint density at radius 2 is 2.05 bits per heavy atom. The minimum atomic E-state index is -0.904. The molecule has 0 aliphatic rings. The van der Waals surface area contributed by atoms with Crippen LogP contribution in [-0.2, 0) is 6.54 Å². The van der Waals surface area contributed by atoms with E-state index >= 15 is 0 Å². The highest BCUT2D eigenvalue weighted by Gasteiger charge is 2.06. The zero-order valence-corrected chi connectivity index (χ0v) is 11.6. The number of hydrogen-bond donors (Lipinski definition) is 1. The van der Waals surface area contributed by atoms with Crippen LogP contribution >= 0.6 is 0 Å². The van der Waals surface area contributed by atoms with E-state index in [0.717, 1.165) is 22.2 Å². The average molecular weight is 281 g/mol. The monoisotopic (exact) mass is 281 g/mol. The maximum atomic E-state index is 11.0. The Bertz CT molecular complexity index is 805. The number of fused-ring (bicyclic) bond motifs is 1. The summed E-state index contributed by atoms with van der Waals surface area (Å²) in [5, 5.41) is 10.1. The Balaban J connectivity index is 1.95.